The molecule has 0 aliphatic carbocycles. The van der Waals surface area contributed by atoms with Crippen LogP contribution in [-0.2, 0) is 6.54 Å². The quantitative estimate of drug-likeness (QED) is 0.301. The minimum absolute atomic E-state index is 0.0171. The lowest BCUT2D eigenvalue weighted by molar-refractivity contribution is 0.0996. The first-order valence-electron chi connectivity index (χ1n) is 14.2. The fourth-order valence-electron chi connectivity index (χ4n) is 4.86. The van der Waals surface area contributed by atoms with Crippen molar-refractivity contribution in [1.82, 2.24) is 9.97 Å². The number of rotatable bonds is 9. The first-order valence-corrected chi connectivity index (χ1v) is 14.2. The van der Waals surface area contributed by atoms with Gasteiger partial charge in [0.15, 0.2) is 0 Å². The van der Waals surface area contributed by atoms with Crippen molar-refractivity contribution in [2.24, 2.45) is 21.9 Å². The molecule has 0 unspecified atom stereocenters. The van der Waals surface area contributed by atoms with Gasteiger partial charge >= 0.3 is 0 Å². The molecule has 0 radical (unpaired) electrons. The largest absolute Gasteiger partial charge is 0.354 e. The van der Waals surface area contributed by atoms with Crippen molar-refractivity contribution in [2.45, 2.75) is 92.8 Å². The molecule has 2 aromatic heterocycles. The van der Waals surface area contributed by atoms with Gasteiger partial charge in [-0.1, -0.05) is 26.8 Å². The lowest BCUT2D eigenvalue weighted by Gasteiger charge is -2.24. The van der Waals surface area contributed by atoms with Crippen molar-refractivity contribution < 1.29 is 9.18 Å². The van der Waals surface area contributed by atoms with E-state index in [1.807, 2.05) is 65.8 Å². The highest BCUT2D eigenvalue weighted by Crippen LogP contribution is 2.35. The minimum atomic E-state index is -0.328. The normalized spacial score (nSPS) is 19.1. The third-order valence-electron chi connectivity index (χ3n) is 7.23. The van der Waals surface area contributed by atoms with Gasteiger partial charge in [-0.3, -0.25) is 14.1 Å². The smallest absolute Gasteiger partial charge is 0.260 e. The van der Waals surface area contributed by atoms with Gasteiger partial charge in [-0.05, 0) is 77.5 Å². The molecule has 1 fully saturated rings. The number of pyridine rings is 2. The lowest BCUT2D eigenvalue weighted by Crippen LogP contribution is -2.28. The molecule has 2 N–H and O–H groups in total. The van der Waals surface area contributed by atoms with Crippen LogP contribution in [0.2, 0.25) is 0 Å². The van der Waals surface area contributed by atoms with E-state index in [4.69, 9.17) is 15.7 Å². The molecule has 0 aromatic carbocycles. The first kappa shape index (κ1) is 30.3. The molecule has 2 aromatic rings. The van der Waals surface area contributed by atoms with Gasteiger partial charge in [0.1, 0.15) is 11.6 Å². The van der Waals surface area contributed by atoms with Crippen LogP contribution in [0.3, 0.4) is 0 Å². The van der Waals surface area contributed by atoms with Crippen LogP contribution in [0.4, 0.5) is 16.0 Å². The van der Waals surface area contributed by atoms with E-state index in [-0.39, 0.29) is 24.5 Å². The Labute approximate surface area is 232 Å². The summed E-state index contributed by atoms with van der Waals surface area (Å²) >= 11 is 0. The summed E-state index contributed by atoms with van der Waals surface area (Å²) in [5, 5.41) is 8.64. The summed E-state index contributed by atoms with van der Waals surface area (Å²) in [5.74, 6) is 1.30. The van der Waals surface area contributed by atoms with Crippen LogP contribution in [0.25, 0.3) is 0 Å². The highest BCUT2D eigenvalue weighted by molar-refractivity contribution is 6.10. The molecule has 9 heteroatoms. The number of hydrogen-bond acceptors (Lipinski definition) is 7. The number of amides is 1. The third-order valence-corrected chi connectivity index (χ3v) is 7.23. The van der Waals surface area contributed by atoms with Gasteiger partial charge in [0, 0.05) is 29.9 Å². The maximum absolute atomic E-state index is 13.6. The summed E-state index contributed by atoms with van der Waals surface area (Å²) in [7, 11) is 0. The molecular formula is C30H44FN7O. The zero-order chi connectivity index (χ0) is 28.7. The number of fused-ring (bicyclic) bond motifs is 1. The van der Waals surface area contributed by atoms with E-state index in [2.05, 4.69) is 22.0 Å². The van der Waals surface area contributed by atoms with Gasteiger partial charge in [-0.2, -0.15) is 10.2 Å². The molecule has 3 atom stereocenters. The van der Waals surface area contributed by atoms with Gasteiger partial charge in [0.2, 0.25) is 0 Å². The monoisotopic (exact) mass is 537 g/mol. The van der Waals surface area contributed by atoms with Crippen LogP contribution in [0, 0.1) is 5.92 Å². The maximum atomic E-state index is 13.6. The number of anilines is 2. The molecule has 2 aliphatic rings. The Bertz CT molecular complexity index is 1210. The number of nitrogens with two attached hydrogens (primary N) is 1. The van der Waals surface area contributed by atoms with Crippen molar-refractivity contribution in [3.05, 3.63) is 46.8 Å². The van der Waals surface area contributed by atoms with Crippen molar-refractivity contribution in [2.75, 3.05) is 23.0 Å². The number of carbonyl (C=O) groups is 1. The number of hydrogen-bond donors (Lipinski definition) is 1. The molecule has 0 bridgehead atoms. The van der Waals surface area contributed by atoms with Gasteiger partial charge in [-0.15, -0.1) is 0 Å². The topological polar surface area (TPSA) is 100 Å². The van der Waals surface area contributed by atoms with Crippen molar-refractivity contribution in [1.29, 1.82) is 0 Å². The molecule has 39 heavy (non-hydrogen) atoms. The van der Waals surface area contributed by atoms with E-state index < -0.39 is 0 Å². The molecule has 0 spiro atoms. The molecule has 1 saturated heterocycles. The second kappa shape index (κ2) is 13.7. The molecule has 4 heterocycles. The lowest BCUT2D eigenvalue weighted by atomic mass is 10.0. The Hall–Kier alpha value is -3.20. The number of alkyl halides is 1. The molecular weight excluding hydrogens is 493 g/mol. The second-order valence-corrected chi connectivity index (χ2v) is 10.5. The van der Waals surface area contributed by atoms with Crippen LogP contribution < -0.4 is 15.5 Å². The molecule has 1 amide bonds. The van der Waals surface area contributed by atoms with Crippen LogP contribution in [-0.4, -0.2) is 46.6 Å². The first-order chi connectivity index (χ1) is 18.7. The molecule has 2 aliphatic heterocycles. The number of halogens is 1. The zero-order valence-electron chi connectivity index (χ0n) is 24.5. The molecule has 4 rings (SSSR count). The standard InChI is InChI=1S/C28H38FN7O.C2H6/c1-17(15-29)11-12-18(2)33-34-21(5)24-9-6-10-25(31-24)36-16-23-22(28(36)37)14-26(32-27(23)20(4)30)35-13-7-8-19(35)3;1-2/h6,9-10,14,17,19-20H,7-8,11-13,15-16,30H2,1-5H3;1-2H3/b33-18+,34-21+;/t17-,19-,20+;/m1./s1. The van der Waals surface area contributed by atoms with E-state index in [9.17, 15) is 9.18 Å². The average molecular weight is 538 g/mol. The van der Waals surface area contributed by atoms with Crippen molar-refractivity contribution >= 4 is 29.0 Å². The Balaban J connectivity index is 0.00000205. The minimum Gasteiger partial charge on any atom is -0.354 e. The predicted molar refractivity (Wildman–Crippen MR) is 159 cm³/mol. The maximum Gasteiger partial charge on any atom is 0.260 e. The highest BCUT2D eigenvalue weighted by atomic mass is 19.1. The van der Waals surface area contributed by atoms with E-state index in [0.29, 0.717) is 41.8 Å². The van der Waals surface area contributed by atoms with E-state index >= 15 is 0 Å². The Morgan fingerprint density at radius 3 is 2.56 bits per heavy atom. The SMILES string of the molecule is C/C(CC[C@@H](C)CF)=N\N=C(/C)c1cccc(N2Cc3c(cc(N4CCC[C@H]4C)nc3[C@H](C)N)C2=O)n1.CC. The van der Waals surface area contributed by atoms with Gasteiger partial charge < -0.3 is 10.6 Å². The van der Waals surface area contributed by atoms with Crippen LogP contribution in [0.15, 0.2) is 34.5 Å². The Kier molecular flexibility index (Phi) is 10.7. The second-order valence-electron chi connectivity index (χ2n) is 10.5. The van der Waals surface area contributed by atoms with Crippen LogP contribution >= 0.6 is 0 Å². The molecule has 0 saturated carbocycles. The summed E-state index contributed by atoms with van der Waals surface area (Å²) in [6.45, 7) is 14.7. The summed E-state index contributed by atoms with van der Waals surface area (Å²) in [5.41, 5.74) is 10.7. The van der Waals surface area contributed by atoms with Gasteiger partial charge in [0.25, 0.3) is 5.91 Å². The molecule has 8 nitrogen and oxygen atoms in total. The number of aromatic nitrogens is 2. The van der Waals surface area contributed by atoms with Crippen molar-refractivity contribution in [3.8, 4) is 0 Å². The fourth-order valence-corrected chi connectivity index (χ4v) is 4.86. The Morgan fingerprint density at radius 2 is 1.92 bits per heavy atom. The number of carbonyl (C=O) groups excluding carboxylic acids is 1. The highest BCUT2D eigenvalue weighted by Gasteiger charge is 2.35. The zero-order valence-corrected chi connectivity index (χ0v) is 24.5. The van der Waals surface area contributed by atoms with E-state index in [1.165, 1.54) is 0 Å². The van der Waals surface area contributed by atoms with Crippen LogP contribution in [0.1, 0.15) is 108 Å². The van der Waals surface area contributed by atoms with E-state index in [1.54, 1.807) is 4.90 Å². The predicted octanol–water partition coefficient (Wildman–Crippen LogP) is 6.24. The van der Waals surface area contributed by atoms with Crippen molar-refractivity contribution in [3.63, 3.8) is 0 Å². The average Bonchev–Trinajstić information content (AvgIpc) is 3.53. The molecule has 212 valence electrons. The fraction of sp³-hybridized carbons (Fsp3) is 0.567. The van der Waals surface area contributed by atoms with Gasteiger partial charge in [0.05, 0.1) is 35.9 Å². The van der Waals surface area contributed by atoms with E-state index in [0.717, 1.165) is 48.6 Å². The summed E-state index contributed by atoms with van der Waals surface area (Å²) in [6.07, 6.45) is 3.67. The third kappa shape index (κ3) is 7.06. The summed E-state index contributed by atoms with van der Waals surface area (Å²) in [4.78, 5) is 27.2. The van der Waals surface area contributed by atoms with Crippen LogP contribution in [0.5, 0.6) is 0 Å². The van der Waals surface area contributed by atoms with Gasteiger partial charge in [-0.25, -0.2) is 9.97 Å². The summed E-state index contributed by atoms with van der Waals surface area (Å²) < 4.78 is 12.7. The Morgan fingerprint density at radius 1 is 1.18 bits per heavy atom. The number of nitrogens with zero attached hydrogens (tertiary/aromatic N) is 6. The summed E-state index contributed by atoms with van der Waals surface area (Å²) in [6, 6.07) is 7.57.